The molecule has 0 saturated heterocycles. The fourth-order valence-corrected chi connectivity index (χ4v) is 7.92. The molecule has 0 fully saturated rings. The first-order valence-electron chi connectivity index (χ1n) is 28.5. The van der Waals surface area contributed by atoms with Crippen LogP contribution in [0.2, 0.25) is 0 Å². The van der Waals surface area contributed by atoms with E-state index in [1.165, 1.54) is 167 Å². The maximum atomic E-state index is 12.8. The van der Waals surface area contributed by atoms with E-state index >= 15 is 0 Å². The molecule has 0 radical (unpaired) electrons. The average Bonchev–Trinajstić information content (AvgIpc) is 3.33. The molecule has 0 N–H and O–H groups in total. The highest BCUT2D eigenvalue weighted by Crippen LogP contribution is 2.15. The van der Waals surface area contributed by atoms with Crippen molar-refractivity contribution in [1.29, 1.82) is 0 Å². The SMILES string of the molecule is CC/C=C\C/C=C\C/C=C\CCCC(=O)OCC(COC(=O)CCCCCCCCCCCC/C=C\C=C/CCCCC)OC(=O)CCCCCCCCC/C=C\CCCCCCCCCC. The normalized spacial score (nSPS) is 12.6. The Morgan fingerprint density at radius 2 is 0.642 bits per heavy atom. The van der Waals surface area contributed by atoms with Crippen LogP contribution in [0.3, 0.4) is 0 Å². The van der Waals surface area contributed by atoms with Crippen LogP contribution in [0.4, 0.5) is 0 Å². The fraction of sp³-hybridized carbons (Fsp3) is 0.754. The summed E-state index contributed by atoms with van der Waals surface area (Å²) in [4.78, 5) is 38.1. The van der Waals surface area contributed by atoms with E-state index < -0.39 is 6.10 Å². The van der Waals surface area contributed by atoms with Gasteiger partial charge < -0.3 is 14.2 Å². The van der Waals surface area contributed by atoms with Gasteiger partial charge in [0.05, 0.1) is 0 Å². The van der Waals surface area contributed by atoms with Gasteiger partial charge in [-0.25, -0.2) is 0 Å². The largest absolute Gasteiger partial charge is 0.462 e. The van der Waals surface area contributed by atoms with Crippen LogP contribution in [0, 0.1) is 0 Å². The van der Waals surface area contributed by atoms with E-state index in [2.05, 4.69) is 93.7 Å². The number of carbonyl (C=O) groups is 3. The minimum absolute atomic E-state index is 0.0941. The highest BCUT2D eigenvalue weighted by Gasteiger charge is 2.19. The number of esters is 3. The molecule has 0 saturated carbocycles. The molecule has 0 aliphatic heterocycles. The van der Waals surface area contributed by atoms with Gasteiger partial charge in [-0.2, -0.15) is 0 Å². The zero-order chi connectivity index (χ0) is 48.6. The lowest BCUT2D eigenvalue weighted by Crippen LogP contribution is -2.30. The second-order valence-corrected chi connectivity index (χ2v) is 18.8. The number of ether oxygens (including phenoxy) is 3. The molecule has 0 aromatic carbocycles. The summed E-state index contributed by atoms with van der Waals surface area (Å²) in [7, 11) is 0. The Hall–Kier alpha value is -3.15. The van der Waals surface area contributed by atoms with Crippen molar-refractivity contribution < 1.29 is 28.6 Å². The van der Waals surface area contributed by atoms with Gasteiger partial charge in [0, 0.05) is 19.3 Å². The van der Waals surface area contributed by atoms with Crippen LogP contribution in [0.1, 0.15) is 278 Å². The van der Waals surface area contributed by atoms with Gasteiger partial charge in [-0.05, 0) is 96.3 Å². The van der Waals surface area contributed by atoms with Gasteiger partial charge in [-0.15, -0.1) is 0 Å². The Morgan fingerprint density at radius 3 is 1.10 bits per heavy atom. The van der Waals surface area contributed by atoms with Crippen molar-refractivity contribution in [3.63, 3.8) is 0 Å². The lowest BCUT2D eigenvalue weighted by Gasteiger charge is -2.18. The van der Waals surface area contributed by atoms with Crippen molar-refractivity contribution >= 4 is 17.9 Å². The van der Waals surface area contributed by atoms with E-state index in [9.17, 15) is 14.4 Å². The number of hydrogen-bond donors (Lipinski definition) is 0. The maximum absolute atomic E-state index is 12.8. The molecule has 0 bridgehead atoms. The van der Waals surface area contributed by atoms with E-state index in [1.807, 2.05) is 0 Å². The van der Waals surface area contributed by atoms with E-state index in [4.69, 9.17) is 14.2 Å². The predicted octanol–water partition coefficient (Wildman–Crippen LogP) is 19.0. The Kier molecular flexibility index (Phi) is 52.8. The summed E-state index contributed by atoms with van der Waals surface area (Å²) in [6.45, 7) is 6.46. The first-order chi connectivity index (χ1) is 33.0. The number of hydrogen-bond acceptors (Lipinski definition) is 6. The lowest BCUT2D eigenvalue weighted by molar-refractivity contribution is -0.167. The summed E-state index contributed by atoms with van der Waals surface area (Å²) in [5, 5.41) is 0. The summed E-state index contributed by atoms with van der Waals surface area (Å²) in [5.74, 6) is -0.952. The standard InChI is InChI=1S/C61H106O6/c1-4-7-10-13-16-19-22-24-26-28-30-32-34-36-39-42-45-48-51-54-60(63)66-57-58(56-65-59(62)53-50-47-44-41-38-21-18-15-12-9-6-3)67-61(64)55-52-49-46-43-40-37-35-33-31-29-27-25-23-20-17-14-11-8-5-2/h9,12,16,18-19,21-22,24,29,31,41,44,58H,4-8,10-11,13-15,17,20,23,25-28,30,32-40,42-43,45-57H2,1-3H3/b12-9-,19-16-,21-18-,24-22-,31-29-,44-41-. The molecule has 0 spiro atoms. The summed E-state index contributed by atoms with van der Waals surface area (Å²) in [6.07, 6.45) is 70.5. The first-order valence-corrected chi connectivity index (χ1v) is 28.5. The third-order valence-electron chi connectivity index (χ3n) is 12.2. The van der Waals surface area contributed by atoms with E-state index in [0.717, 1.165) is 64.2 Å². The van der Waals surface area contributed by atoms with Crippen molar-refractivity contribution in [2.75, 3.05) is 13.2 Å². The zero-order valence-corrected chi connectivity index (χ0v) is 44.2. The quantitative estimate of drug-likeness (QED) is 0.0199. The molecule has 0 heterocycles. The number of unbranched alkanes of at least 4 members (excludes halogenated alkanes) is 29. The topological polar surface area (TPSA) is 78.9 Å². The van der Waals surface area contributed by atoms with Gasteiger partial charge in [0.25, 0.3) is 0 Å². The van der Waals surface area contributed by atoms with Crippen molar-refractivity contribution in [2.24, 2.45) is 0 Å². The number of allylic oxidation sites excluding steroid dienone is 12. The Morgan fingerprint density at radius 1 is 0.328 bits per heavy atom. The number of carbonyl (C=O) groups excluding carboxylic acids is 3. The van der Waals surface area contributed by atoms with Crippen molar-refractivity contribution in [1.82, 2.24) is 0 Å². The summed E-state index contributed by atoms with van der Waals surface area (Å²) < 4.78 is 16.8. The lowest BCUT2D eigenvalue weighted by atomic mass is 10.1. The maximum Gasteiger partial charge on any atom is 0.306 e. The second-order valence-electron chi connectivity index (χ2n) is 18.8. The van der Waals surface area contributed by atoms with Gasteiger partial charge in [0.15, 0.2) is 6.10 Å². The minimum atomic E-state index is -0.799. The van der Waals surface area contributed by atoms with Gasteiger partial charge in [0.2, 0.25) is 0 Å². The second kappa shape index (κ2) is 55.4. The van der Waals surface area contributed by atoms with Crippen LogP contribution < -0.4 is 0 Å². The van der Waals surface area contributed by atoms with E-state index in [-0.39, 0.29) is 37.5 Å². The molecule has 0 aliphatic rings. The van der Waals surface area contributed by atoms with Gasteiger partial charge in [-0.3, -0.25) is 14.4 Å². The molecule has 0 amide bonds. The molecule has 0 rings (SSSR count). The van der Waals surface area contributed by atoms with E-state index in [1.54, 1.807) is 0 Å². The molecule has 386 valence electrons. The molecular weight excluding hydrogens is 829 g/mol. The molecule has 67 heavy (non-hydrogen) atoms. The summed E-state index contributed by atoms with van der Waals surface area (Å²) >= 11 is 0. The molecule has 0 aliphatic carbocycles. The van der Waals surface area contributed by atoms with Crippen LogP contribution in [0.25, 0.3) is 0 Å². The molecule has 6 nitrogen and oxygen atoms in total. The van der Waals surface area contributed by atoms with Gasteiger partial charge in [-0.1, -0.05) is 235 Å². The van der Waals surface area contributed by atoms with Crippen molar-refractivity contribution in [2.45, 2.75) is 284 Å². The van der Waals surface area contributed by atoms with Gasteiger partial charge in [0.1, 0.15) is 13.2 Å². The minimum Gasteiger partial charge on any atom is -0.462 e. The van der Waals surface area contributed by atoms with Crippen LogP contribution in [0.5, 0.6) is 0 Å². The molecule has 6 heteroatoms. The molecule has 1 atom stereocenters. The van der Waals surface area contributed by atoms with Crippen LogP contribution >= 0.6 is 0 Å². The van der Waals surface area contributed by atoms with Gasteiger partial charge >= 0.3 is 17.9 Å². The summed E-state index contributed by atoms with van der Waals surface area (Å²) in [5.41, 5.74) is 0. The van der Waals surface area contributed by atoms with Crippen LogP contribution in [-0.4, -0.2) is 37.2 Å². The average molecular weight is 936 g/mol. The van der Waals surface area contributed by atoms with Crippen LogP contribution in [-0.2, 0) is 28.6 Å². The molecular formula is C61H106O6. The highest BCUT2D eigenvalue weighted by atomic mass is 16.6. The Bertz CT molecular complexity index is 1260. The van der Waals surface area contributed by atoms with Crippen molar-refractivity contribution in [3.8, 4) is 0 Å². The Balaban J connectivity index is 4.36. The van der Waals surface area contributed by atoms with E-state index in [0.29, 0.717) is 19.3 Å². The smallest absolute Gasteiger partial charge is 0.306 e. The fourth-order valence-electron chi connectivity index (χ4n) is 7.92. The monoisotopic (exact) mass is 935 g/mol. The molecule has 0 aromatic rings. The third kappa shape index (κ3) is 53.7. The Labute approximate surface area is 414 Å². The zero-order valence-electron chi connectivity index (χ0n) is 44.2. The number of rotatable bonds is 51. The highest BCUT2D eigenvalue weighted by molar-refractivity contribution is 5.71. The van der Waals surface area contributed by atoms with Crippen LogP contribution in [0.15, 0.2) is 72.9 Å². The predicted molar refractivity (Wildman–Crippen MR) is 288 cm³/mol. The summed E-state index contributed by atoms with van der Waals surface area (Å²) in [6, 6.07) is 0. The van der Waals surface area contributed by atoms with Crippen molar-refractivity contribution in [3.05, 3.63) is 72.9 Å². The molecule has 0 aromatic heterocycles. The first kappa shape index (κ1) is 63.8. The molecule has 1 unspecified atom stereocenters. The third-order valence-corrected chi connectivity index (χ3v) is 12.2.